The lowest BCUT2D eigenvalue weighted by Gasteiger charge is -2.16. The van der Waals surface area contributed by atoms with Crippen LogP contribution in [0.4, 0.5) is 11.4 Å². The highest BCUT2D eigenvalue weighted by molar-refractivity contribution is 6.39. The van der Waals surface area contributed by atoms with Crippen molar-refractivity contribution >= 4 is 40.5 Å². The molecule has 0 aliphatic carbocycles. The van der Waals surface area contributed by atoms with E-state index in [1.807, 2.05) is 30.3 Å². The molecule has 0 spiro atoms. The van der Waals surface area contributed by atoms with E-state index in [1.165, 1.54) is 26.4 Å². The molecule has 0 aliphatic rings. The number of anilines is 2. The summed E-state index contributed by atoms with van der Waals surface area (Å²) in [6.45, 7) is 0.321. The van der Waals surface area contributed by atoms with E-state index < -0.39 is 5.91 Å². The van der Waals surface area contributed by atoms with Gasteiger partial charge >= 0.3 is 0 Å². The van der Waals surface area contributed by atoms with Crippen LogP contribution in [0.2, 0.25) is 10.0 Å². The van der Waals surface area contributed by atoms with Crippen molar-refractivity contribution in [2.75, 3.05) is 25.3 Å². The first-order valence-electron chi connectivity index (χ1n) is 8.91. The van der Waals surface area contributed by atoms with Crippen molar-refractivity contribution in [3.05, 3.63) is 75.8 Å². The number of hydrogen-bond donors (Lipinski definition) is 2. The van der Waals surface area contributed by atoms with Gasteiger partial charge in [-0.15, -0.1) is 0 Å². The Labute approximate surface area is 184 Å². The molecule has 0 aromatic heterocycles. The molecule has 0 saturated carbocycles. The number of nitrogens with two attached hydrogens (primary N) is 1. The molecular weight excluding hydrogens is 427 g/mol. The molecule has 6 nitrogen and oxygen atoms in total. The van der Waals surface area contributed by atoms with Gasteiger partial charge in [-0.25, -0.2) is 0 Å². The first kappa shape index (κ1) is 21.6. The predicted octanol–water partition coefficient (Wildman–Crippen LogP) is 5.42. The molecule has 0 saturated heterocycles. The van der Waals surface area contributed by atoms with Gasteiger partial charge in [-0.05, 0) is 29.8 Å². The summed E-state index contributed by atoms with van der Waals surface area (Å²) in [5.41, 5.74) is 7.68. The Balaban J connectivity index is 1.86. The minimum atomic E-state index is -0.405. The van der Waals surface area contributed by atoms with Crippen molar-refractivity contribution < 1.29 is 19.0 Å². The number of rotatable bonds is 7. The SMILES string of the molecule is COc1cc(C(=O)Nc2cc(Cl)c(N)c(Cl)c2)cc(OC)c1OCc1ccccc1. The first-order valence-corrected chi connectivity index (χ1v) is 9.67. The largest absolute Gasteiger partial charge is 0.493 e. The van der Waals surface area contributed by atoms with E-state index in [9.17, 15) is 4.79 Å². The van der Waals surface area contributed by atoms with E-state index in [4.69, 9.17) is 43.1 Å². The number of ether oxygens (including phenoxy) is 3. The molecule has 0 unspecified atom stereocenters. The number of methoxy groups -OCH3 is 2. The number of benzene rings is 3. The third-order valence-corrected chi connectivity index (χ3v) is 4.91. The average Bonchev–Trinajstić information content (AvgIpc) is 2.76. The van der Waals surface area contributed by atoms with Gasteiger partial charge in [0.25, 0.3) is 5.91 Å². The fourth-order valence-electron chi connectivity index (χ4n) is 2.74. The van der Waals surface area contributed by atoms with Crippen LogP contribution in [-0.4, -0.2) is 20.1 Å². The summed E-state index contributed by atoms with van der Waals surface area (Å²) in [6.07, 6.45) is 0. The van der Waals surface area contributed by atoms with Crippen LogP contribution < -0.4 is 25.3 Å². The van der Waals surface area contributed by atoms with Gasteiger partial charge < -0.3 is 25.3 Å². The molecule has 0 fully saturated rings. The molecule has 3 rings (SSSR count). The summed E-state index contributed by atoms with van der Waals surface area (Å²) >= 11 is 12.1. The monoisotopic (exact) mass is 446 g/mol. The Hall–Kier alpha value is -3.09. The van der Waals surface area contributed by atoms with Gasteiger partial charge in [0.15, 0.2) is 11.5 Å². The molecule has 3 aromatic rings. The van der Waals surface area contributed by atoms with E-state index in [1.54, 1.807) is 12.1 Å². The molecule has 30 heavy (non-hydrogen) atoms. The molecule has 1 amide bonds. The molecule has 0 atom stereocenters. The lowest BCUT2D eigenvalue weighted by Crippen LogP contribution is -2.13. The Morgan fingerprint density at radius 1 is 0.967 bits per heavy atom. The van der Waals surface area contributed by atoms with Gasteiger partial charge in [-0.1, -0.05) is 53.5 Å². The molecule has 156 valence electrons. The van der Waals surface area contributed by atoms with Gasteiger partial charge in [-0.3, -0.25) is 4.79 Å². The number of carbonyl (C=O) groups is 1. The Kier molecular flexibility index (Phi) is 6.92. The molecule has 3 aromatic carbocycles. The van der Waals surface area contributed by atoms with Gasteiger partial charge in [0.1, 0.15) is 6.61 Å². The van der Waals surface area contributed by atoms with Crippen LogP contribution in [0.25, 0.3) is 0 Å². The first-order chi connectivity index (χ1) is 14.4. The van der Waals surface area contributed by atoms with Gasteiger partial charge in [-0.2, -0.15) is 0 Å². The zero-order chi connectivity index (χ0) is 21.7. The number of nitrogen functional groups attached to an aromatic ring is 1. The second-order valence-corrected chi connectivity index (χ2v) is 7.11. The third-order valence-electron chi connectivity index (χ3n) is 4.29. The minimum absolute atomic E-state index is 0.248. The summed E-state index contributed by atoms with van der Waals surface area (Å²) < 4.78 is 16.8. The number of nitrogens with one attached hydrogen (secondary N) is 1. The van der Waals surface area contributed by atoms with Crippen LogP contribution in [0.5, 0.6) is 17.2 Å². The van der Waals surface area contributed by atoms with E-state index in [2.05, 4.69) is 5.32 Å². The lowest BCUT2D eigenvalue weighted by molar-refractivity contribution is 0.102. The van der Waals surface area contributed by atoms with Crippen LogP contribution in [-0.2, 0) is 6.61 Å². The van der Waals surface area contributed by atoms with Gasteiger partial charge in [0.2, 0.25) is 5.75 Å². The van der Waals surface area contributed by atoms with Gasteiger partial charge in [0.05, 0.1) is 30.0 Å². The maximum Gasteiger partial charge on any atom is 0.255 e. The molecule has 0 radical (unpaired) electrons. The second-order valence-electron chi connectivity index (χ2n) is 6.29. The summed E-state index contributed by atoms with van der Waals surface area (Å²) in [5, 5.41) is 3.23. The highest BCUT2D eigenvalue weighted by atomic mass is 35.5. The average molecular weight is 447 g/mol. The Morgan fingerprint density at radius 3 is 2.07 bits per heavy atom. The molecule has 3 N–H and O–H groups in total. The van der Waals surface area contributed by atoms with Crippen LogP contribution in [0.3, 0.4) is 0 Å². The minimum Gasteiger partial charge on any atom is -0.493 e. The van der Waals surface area contributed by atoms with E-state index in [-0.39, 0.29) is 15.7 Å². The van der Waals surface area contributed by atoms with E-state index >= 15 is 0 Å². The fourth-order valence-corrected chi connectivity index (χ4v) is 3.23. The number of hydrogen-bond acceptors (Lipinski definition) is 5. The maximum absolute atomic E-state index is 12.8. The van der Waals surface area contributed by atoms with E-state index in [0.29, 0.717) is 35.1 Å². The smallest absolute Gasteiger partial charge is 0.255 e. The Bertz CT molecular complexity index is 1010. The summed E-state index contributed by atoms with van der Waals surface area (Å²) in [4.78, 5) is 12.8. The van der Waals surface area contributed by atoms with Crippen molar-refractivity contribution in [3.8, 4) is 17.2 Å². The van der Waals surface area contributed by atoms with Crippen molar-refractivity contribution in [1.29, 1.82) is 0 Å². The van der Waals surface area contributed by atoms with E-state index in [0.717, 1.165) is 5.56 Å². The van der Waals surface area contributed by atoms with Crippen LogP contribution >= 0.6 is 23.2 Å². The van der Waals surface area contributed by atoms with Crippen LogP contribution in [0.1, 0.15) is 15.9 Å². The summed E-state index contributed by atoms with van der Waals surface area (Å²) in [5.74, 6) is 0.727. The van der Waals surface area contributed by atoms with Crippen molar-refractivity contribution in [2.45, 2.75) is 6.61 Å². The molecular formula is C22H20Cl2N2O4. The topological polar surface area (TPSA) is 82.8 Å². The lowest BCUT2D eigenvalue weighted by atomic mass is 10.1. The zero-order valence-electron chi connectivity index (χ0n) is 16.4. The fraction of sp³-hybridized carbons (Fsp3) is 0.136. The van der Waals surface area contributed by atoms with Crippen molar-refractivity contribution in [3.63, 3.8) is 0 Å². The number of amides is 1. The van der Waals surface area contributed by atoms with Crippen LogP contribution in [0.15, 0.2) is 54.6 Å². The third kappa shape index (κ3) is 4.90. The number of carbonyl (C=O) groups excluding carboxylic acids is 1. The quantitative estimate of drug-likeness (QED) is 0.473. The molecule has 0 heterocycles. The number of halogens is 2. The van der Waals surface area contributed by atoms with Crippen LogP contribution in [0, 0.1) is 0 Å². The van der Waals surface area contributed by atoms with Crippen molar-refractivity contribution in [2.24, 2.45) is 0 Å². The molecule has 0 bridgehead atoms. The highest BCUT2D eigenvalue weighted by Crippen LogP contribution is 2.39. The highest BCUT2D eigenvalue weighted by Gasteiger charge is 2.18. The van der Waals surface area contributed by atoms with Gasteiger partial charge in [0, 0.05) is 11.3 Å². The zero-order valence-corrected chi connectivity index (χ0v) is 17.9. The second kappa shape index (κ2) is 9.61. The molecule has 8 heteroatoms. The maximum atomic E-state index is 12.8. The summed E-state index contributed by atoms with van der Waals surface area (Å²) in [7, 11) is 2.98. The predicted molar refractivity (Wildman–Crippen MR) is 119 cm³/mol. The Morgan fingerprint density at radius 2 is 1.53 bits per heavy atom. The summed E-state index contributed by atoms with van der Waals surface area (Å²) in [6, 6.07) is 15.9. The standard InChI is InChI=1S/C22H20Cl2N2O4/c1-28-18-8-14(22(27)26-15-10-16(23)20(25)17(24)11-15)9-19(29-2)21(18)30-12-13-6-4-3-5-7-13/h3-11H,12,25H2,1-2H3,(H,26,27). The van der Waals surface area contributed by atoms with Crippen molar-refractivity contribution in [1.82, 2.24) is 0 Å². The molecule has 0 aliphatic heterocycles. The normalized spacial score (nSPS) is 10.4.